The SMILES string of the molecule is CC/C=C\C/C=C\C/C=C\C/C=C\C/C=C\CCCCCCCCCCCCCCCCCC(=O)OCC(COC(=O)CCCCCCCC)OC(=O)CCCCCCCCCC/C=C\C/C=C\C/C=C\CCCCCCC. The molecule has 0 N–H and O–H groups in total. The average molecular weight is 1090 g/mol. The highest BCUT2D eigenvalue weighted by atomic mass is 16.6. The average Bonchev–Trinajstić information content (AvgIpc) is 3.44. The summed E-state index contributed by atoms with van der Waals surface area (Å²) in [5, 5.41) is 0. The fourth-order valence-corrected chi connectivity index (χ4v) is 9.36. The third-order valence-corrected chi connectivity index (χ3v) is 14.3. The molecule has 0 radical (unpaired) electrons. The molecule has 0 aliphatic rings. The van der Waals surface area contributed by atoms with Gasteiger partial charge in [-0.05, 0) is 103 Å². The summed E-state index contributed by atoms with van der Waals surface area (Å²) >= 11 is 0. The number of esters is 3. The van der Waals surface area contributed by atoms with Gasteiger partial charge < -0.3 is 14.2 Å². The van der Waals surface area contributed by atoms with Crippen LogP contribution in [-0.2, 0) is 28.6 Å². The number of allylic oxidation sites excluding steroid dienone is 16. The lowest BCUT2D eigenvalue weighted by Crippen LogP contribution is -2.30. The van der Waals surface area contributed by atoms with Crippen molar-refractivity contribution in [2.75, 3.05) is 13.2 Å². The van der Waals surface area contributed by atoms with Crippen LogP contribution in [0.1, 0.15) is 323 Å². The van der Waals surface area contributed by atoms with E-state index in [1.54, 1.807) is 0 Å². The van der Waals surface area contributed by atoms with Gasteiger partial charge in [-0.1, -0.05) is 298 Å². The van der Waals surface area contributed by atoms with Crippen LogP contribution in [0.3, 0.4) is 0 Å². The van der Waals surface area contributed by atoms with Gasteiger partial charge in [-0.3, -0.25) is 14.4 Å². The number of carbonyl (C=O) groups excluding carboxylic acids is 3. The van der Waals surface area contributed by atoms with E-state index in [1.165, 1.54) is 173 Å². The largest absolute Gasteiger partial charge is 0.462 e. The molecule has 0 saturated carbocycles. The normalized spacial score (nSPS) is 12.7. The zero-order valence-corrected chi connectivity index (χ0v) is 51.4. The minimum absolute atomic E-state index is 0.0780. The molecular weight excluding hydrogens is 961 g/mol. The zero-order chi connectivity index (χ0) is 56.4. The van der Waals surface area contributed by atoms with Gasteiger partial charge in [0.05, 0.1) is 0 Å². The van der Waals surface area contributed by atoms with Crippen molar-refractivity contribution in [2.45, 2.75) is 329 Å². The summed E-state index contributed by atoms with van der Waals surface area (Å²) in [6.45, 7) is 6.48. The molecule has 1 unspecified atom stereocenters. The Labute approximate surface area is 483 Å². The third-order valence-electron chi connectivity index (χ3n) is 14.3. The van der Waals surface area contributed by atoms with Crippen molar-refractivity contribution in [3.05, 3.63) is 97.2 Å². The standard InChI is InChI=1S/C72H124O6/c1-4-7-10-13-16-18-20-22-24-26-28-30-32-33-34-35-36-37-38-39-41-42-44-46-48-50-52-54-56-59-62-65-71(74)77-68-69(67-76-70(73)64-61-58-15-12-9-6-3)78-72(75)66-63-60-57-55-53-51-49-47-45-43-40-31-29-27-25-23-21-19-17-14-11-8-5-2/h7,10,16,18,21-24,27-30,33-34,40,43,69H,4-6,8-9,11-15,17,19-20,25-26,31-32,35-39,41-42,44-68H2,1-3H3/b10-7-,18-16-,23-21-,24-22-,29-27-,30-28-,34-33-,43-40-. The molecule has 0 heterocycles. The van der Waals surface area contributed by atoms with Crippen molar-refractivity contribution < 1.29 is 28.6 Å². The Balaban J connectivity index is 4.06. The summed E-state index contributed by atoms with van der Waals surface area (Å²) < 4.78 is 16.8. The molecule has 6 nitrogen and oxygen atoms in total. The van der Waals surface area contributed by atoms with Gasteiger partial charge in [0.25, 0.3) is 0 Å². The summed E-state index contributed by atoms with van der Waals surface area (Å²) in [7, 11) is 0. The fourth-order valence-electron chi connectivity index (χ4n) is 9.36. The van der Waals surface area contributed by atoms with E-state index in [9.17, 15) is 14.4 Å². The van der Waals surface area contributed by atoms with Crippen LogP contribution in [0.15, 0.2) is 97.2 Å². The van der Waals surface area contributed by atoms with Crippen molar-refractivity contribution in [3.63, 3.8) is 0 Å². The molecule has 0 aromatic carbocycles. The van der Waals surface area contributed by atoms with Gasteiger partial charge in [-0.2, -0.15) is 0 Å². The molecule has 0 aromatic rings. The second-order valence-electron chi connectivity index (χ2n) is 22.0. The van der Waals surface area contributed by atoms with Crippen LogP contribution < -0.4 is 0 Å². The van der Waals surface area contributed by atoms with Crippen molar-refractivity contribution >= 4 is 17.9 Å². The number of hydrogen-bond donors (Lipinski definition) is 0. The van der Waals surface area contributed by atoms with Crippen LogP contribution in [0, 0.1) is 0 Å². The summed E-state index contributed by atoms with van der Waals surface area (Å²) in [6, 6.07) is 0. The number of carbonyl (C=O) groups is 3. The summed E-state index contributed by atoms with van der Waals surface area (Å²) in [5.41, 5.74) is 0. The van der Waals surface area contributed by atoms with E-state index in [2.05, 4.69) is 118 Å². The second kappa shape index (κ2) is 65.8. The first-order chi connectivity index (χ1) is 38.5. The number of ether oxygens (including phenoxy) is 3. The molecule has 0 aliphatic carbocycles. The number of rotatable bonds is 60. The third kappa shape index (κ3) is 63.2. The maximum atomic E-state index is 12.9. The van der Waals surface area contributed by atoms with E-state index >= 15 is 0 Å². The van der Waals surface area contributed by atoms with Gasteiger partial charge in [0, 0.05) is 19.3 Å². The Bertz CT molecular complexity index is 1530. The van der Waals surface area contributed by atoms with Gasteiger partial charge in [0.1, 0.15) is 13.2 Å². The maximum Gasteiger partial charge on any atom is 0.306 e. The van der Waals surface area contributed by atoms with Crippen LogP contribution in [0.2, 0.25) is 0 Å². The minimum atomic E-state index is -0.778. The first-order valence-electron chi connectivity index (χ1n) is 33.2. The Kier molecular flexibility index (Phi) is 62.7. The lowest BCUT2D eigenvalue weighted by molar-refractivity contribution is -0.167. The molecule has 1 atom stereocenters. The van der Waals surface area contributed by atoms with E-state index in [4.69, 9.17) is 14.2 Å². The highest BCUT2D eigenvalue weighted by Crippen LogP contribution is 2.17. The molecule has 0 spiro atoms. The lowest BCUT2D eigenvalue weighted by atomic mass is 10.0. The molecule has 0 aliphatic heterocycles. The van der Waals surface area contributed by atoms with Crippen LogP contribution in [0.5, 0.6) is 0 Å². The van der Waals surface area contributed by atoms with E-state index in [1.807, 2.05) is 0 Å². The number of unbranched alkanes of at least 4 members (excludes halogenated alkanes) is 33. The predicted molar refractivity (Wildman–Crippen MR) is 339 cm³/mol. The van der Waals surface area contributed by atoms with Gasteiger partial charge in [-0.15, -0.1) is 0 Å². The van der Waals surface area contributed by atoms with Crippen LogP contribution >= 0.6 is 0 Å². The molecule has 78 heavy (non-hydrogen) atoms. The Morgan fingerprint density at radius 2 is 0.500 bits per heavy atom. The highest BCUT2D eigenvalue weighted by molar-refractivity contribution is 5.71. The van der Waals surface area contributed by atoms with Crippen molar-refractivity contribution in [1.29, 1.82) is 0 Å². The Morgan fingerprint density at radius 3 is 0.782 bits per heavy atom. The minimum Gasteiger partial charge on any atom is -0.462 e. The molecule has 0 fully saturated rings. The quantitative estimate of drug-likeness (QED) is 0.0261. The molecular formula is C72H124O6. The monoisotopic (exact) mass is 1080 g/mol. The van der Waals surface area contributed by atoms with Crippen molar-refractivity contribution in [2.24, 2.45) is 0 Å². The summed E-state index contributed by atoms with van der Waals surface area (Å²) in [4.78, 5) is 38.1. The molecule has 0 amide bonds. The Morgan fingerprint density at radius 1 is 0.269 bits per heavy atom. The van der Waals surface area contributed by atoms with Crippen LogP contribution in [-0.4, -0.2) is 37.2 Å². The van der Waals surface area contributed by atoms with E-state index in [0.717, 1.165) is 109 Å². The first kappa shape index (κ1) is 74.3. The molecule has 448 valence electrons. The van der Waals surface area contributed by atoms with Gasteiger partial charge in [-0.25, -0.2) is 0 Å². The first-order valence-corrected chi connectivity index (χ1v) is 33.2. The molecule has 0 aromatic heterocycles. The van der Waals surface area contributed by atoms with Crippen molar-refractivity contribution in [3.8, 4) is 0 Å². The second-order valence-corrected chi connectivity index (χ2v) is 22.0. The van der Waals surface area contributed by atoms with Crippen LogP contribution in [0.25, 0.3) is 0 Å². The topological polar surface area (TPSA) is 78.9 Å². The Hall–Kier alpha value is -3.67. The molecule has 6 heteroatoms. The van der Waals surface area contributed by atoms with E-state index in [-0.39, 0.29) is 31.1 Å². The smallest absolute Gasteiger partial charge is 0.306 e. The maximum absolute atomic E-state index is 12.9. The highest BCUT2D eigenvalue weighted by Gasteiger charge is 2.19. The molecule has 0 saturated heterocycles. The lowest BCUT2D eigenvalue weighted by Gasteiger charge is -2.18. The van der Waals surface area contributed by atoms with Gasteiger partial charge >= 0.3 is 17.9 Å². The van der Waals surface area contributed by atoms with Crippen molar-refractivity contribution in [1.82, 2.24) is 0 Å². The fraction of sp³-hybridized carbons (Fsp3) is 0.736. The van der Waals surface area contributed by atoms with Gasteiger partial charge in [0.2, 0.25) is 0 Å². The number of hydrogen-bond acceptors (Lipinski definition) is 6. The van der Waals surface area contributed by atoms with Gasteiger partial charge in [0.15, 0.2) is 6.10 Å². The summed E-state index contributed by atoms with van der Waals surface area (Å²) in [5.74, 6) is -0.885. The van der Waals surface area contributed by atoms with E-state index in [0.29, 0.717) is 19.3 Å². The zero-order valence-electron chi connectivity index (χ0n) is 51.4. The van der Waals surface area contributed by atoms with Crippen LogP contribution in [0.4, 0.5) is 0 Å². The molecule has 0 bridgehead atoms. The summed E-state index contributed by atoms with van der Waals surface area (Å²) in [6.07, 6.45) is 88.9. The predicted octanol–water partition coefficient (Wildman–Crippen LogP) is 22.8. The molecule has 0 rings (SSSR count). The van der Waals surface area contributed by atoms with E-state index < -0.39 is 6.10 Å².